The quantitative estimate of drug-likeness (QED) is 0.846. The first-order valence-electron chi connectivity index (χ1n) is 9.27. The summed E-state index contributed by atoms with van der Waals surface area (Å²) in [4.78, 5) is 6.88. The molecule has 1 atom stereocenters. The van der Waals surface area contributed by atoms with E-state index < -0.39 is 0 Å². The van der Waals surface area contributed by atoms with Crippen molar-refractivity contribution in [3.05, 3.63) is 54.1 Å². The molecule has 4 heteroatoms. The van der Waals surface area contributed by atoms with Gasteiger partial charge in [0.2, 0.25) is 0 Å². The van der Waals surface area contributed by atoms with Crippen molar-refractivity contribution in [2.24, 2.45) is 0 Å². The number of rotatable bonds is 7. The van der Waals surface area contributed by atoms with Crippen LogP contribution in [0.2, 0.25) is 0 Å². The Labute approximate surface area is 145 Å². The molecule has 1 aromatic heterocycles. The molecule has 24 heavy (non-hydrogen) atoms. The van der Waals surface area contributed by atoms with Gasteiger partial charge in [-0.25, -0.2) is 4.98 Å². The molecule has 1 aromatic carbocycles. The van der Waals surface area contributed by atoms with Crippen LogP contribution in [0.5, 0.6) is 0 Å². The smallest absolute Gasteiger partial charge is 0.105 e. The van der Waals surface area contributed by atoms with Gasteiger partial charge in [-0.2, -0.15) is 0 Å². The van der Waals surface area contributed by atoms with E-state index in [0.29, 0.717) is 12.1 Å². The molecule has 4 nitrogen and oxygen atoms in total. The summed E-state index contributed by atoms with van der Waals surface area (Å²) >= 11 is 0. The molecule has 1 N–H and O–H groups in total. The number of imidazole rings is 1. The first kappa shape index (κ1) is 17.2. The van der Waals surface area contributed by atoms with Crippen molar-refractivity contribution in [1.82, 2.24) is 19.8 Å². The first-order chi connectivity index (χ1) is 11.8. The van der Waals surface area contributed by atoms with Crippen LogP contribution >= 0.6 is 0 Å². The van der Waals surface area contributed by atoms with Gasteiger partial charge in [-0.1, -0.05) is 37.3 Å². The lowest BCUT2D eigenvalue weighted by Crippen LogP contribution is -2.43. The van der Waals surface area contributed by atoms with Crippen LogP contribution in [0.4, 0.5) is 0 Å². The van der Waals surface area contributed by atoms with Gasteiger partial charge < -0.3 is 14.8 Å². The van der Waals surface area contributed by atoms with Gasteiger partial charge in [0.15, 0.2) is 0 Å². The number of nitrogens with one attached hydrogen (secondary N) is 1. The van der Waals surface area contributed by atoms with Gasteiger partial charge in [-0.15, -0.1) is 0 Å². The fourth-order valence-electron chi connectivity index (χ4n) is 3.64. The monoisotopic (exact) mass is 326 g/mol. The highest BCUT2D eigenvalue weighted by molar-refractivity contribution is 5.19. The van der Waals surface area contributed by atoms with Crippen molar-refractivity contribution in [1.29, 1.82) is 0 Å². The third-order valence-corrected chi connectivity index (χ3v) is 5.26. The maximum Gasteiger partial charge on any atom is 0.105 e. The fourth-order valence-corrected chi connectivity index (χ4v) is 3.64. The minimum Gasteiger partial charge on any atom is -0.335 e. The predicted molar refractivity (Wildman–Crippen MR) is 99.0 cm³/mol. The second-order valence-corrected chi connectivity index (χ2v) is 6.79. The molecule has 0 radical (unpaired) electrons. The fraction of sp³-hybridized carbons (Fsp3) is 0.550. The van der Waals surface area contributed by atoms with Crippen molar-refractivity contribution in [2.75, 3.05) is 19.6 Å². The van der Waals surface area contributed by atoms with Crippen LogP contribution in [0.1, 0.15) is 43.6 Å². The molecule has 1 fully saturated rings. The van der Waals surface area contributed by atoms with E-state index in [1.807, 2.05) is 6.20 Å². The minimum atomic E-state index is 0.408. The van der Waals surface area contributed by atoms with Gasteiger partial charge in [-0.05, 0) is 51.4 Å². The number of benzene rings is 1. The van der Waals surface area contributed by atoms with Crippen molar-refractivity contribution < 1.29 is 0 Å². The molecule has 0 bridgehead atoms. The molecule has 3 rings (SSSR count). The highest BCUT2D eigenvalue weighted by Gasteiger charge is 2.21. The Kier molecular flexibility index (Phi) is 6.05. The van der Waals surface area contributed by atoms with E-state index in [4.69, 9.17) is 0 Å². The van der Waals surface area contributed by atoms with Crippen molar-refractivity contribution in [3.63, 3.8) is 0 Å². The molecule has 1 aliphatic rings. The third-order valence-electron chi connectivity index (χ3n) is 5.26. The van der Waals surface area contributed by atoms with E-state index in [9.17, 15) is 0 Å². The van der Waals surface area contributed by atoms with Crippen molar-refractivity contribution >= 4 is 0 Å². The molecular formula is C20H30N4. The van der Waals surface area contributed by atoms with Gasteiger partial charge in [0.25, 0.3) is 0 Å². The standard InChI is InChI=1S/C20H30N4/c1-3-23-13-9-19(10-14-23)22-20(18-7-5-4-6-8-18)11-15-24-16-12-21-17(24)2/h4-8,12,16,19-20,22H,3,9-11,13-15H2,1-2H3. The number of hydrogen-bond acceptors (Lipinski definition) is 3. The summed E-state index contributed by atoms with van der Waals surface area (Å²) in [5.41, 5.74) is 1.40. The Balaban J connectivity index is 1.63. The number of aryl methyl sites for hydroxylation is 2. The van der Waals surface area contributed by atoms with Crippen LogP contribution in [0.25, 0.3) is 0 Å². The van der Waals surface area contributed by atoms with Crippen LogP contribution in [0.15, 0.2) is 42.7 Å². The Morgan fingerprint density at radius 2 is 1.96 bits per heavy atom. The number of piperidine rings is 1. The molecule has 1 aliphatic heterocycles. The zero-order valence-corrected chi connectivity index (χ0v) is 15.0. The summed E-state index contributed by atoms with van der Waals surface area (Å²) in [6, 6.07) is 11.9. The predicted octanol–water partition coefficient (Wildman–Crippen LogP) is 3.40. The van der Waals surface area contributed by atoms with Gasteiger partial charge in [0, 0.05) is 31.0 Å². The maximum absolute atomic E-state index is 4.34. The summed E-state index contributed by atoms with van der Waals surface area (Å²) in [5, 5.41) is 3.94. The number of hydrogen-bond donors (Lipinski definition) is 1. The van der Waals surface area contributed by atoms with E-state index in [1.165, 1.54) is 38.0 Å². The van der Waals surface area contributed by atoms with Crippen LogP contribution in [0.3, 0.4) is 0 Å². The second kappa shape index (κ2) is 8.45. The highest BCUT2D eigenvalue weighted by atomic mass is 15.1. The van der Waals surface area contributed by atoms with Crippen LogP contribution in [-0.2, 0) is 6.54 Å². The zero-order valence-electron chi connectivity index (χ0n) is 15.0. The summed E-state index contributed by atoms with van der Waals surface area (Å²) in [5.74, 6) is 1.10. The van der Waals surface area contributed by atoms with Crippen LogP contribution < -0.4 is 5.32 Å². The molecule has 1 saturated heterocycles. The van der Waals surface area contributed by atoms with E-state index >= 15 is 0 Å². The van der Waals surface area contributed by atoms with E-state index in [-0.39, 0.29) is 0 Å². The number of likely N-dealkylation sites (tertiary alicyclic amines) is 1. The molecule has 2 aromatic rings. The lowest BCUT2D eigenvalue weighted by Gasteiger charge is -2.34. The first-order valence-corrected chi connectivity index (χ1v) is 9.27. The Hall–Kier alpha value is -1.65. The summed E-state index contributed by atoms with van der Waals surface area (Å²) in [6.45, 7) is 8.95. The summed E-state index contributed by atoms with van der Waals surface area (Å²) in [6.07, 6.45) is 7.57. The molecule has 0 amide bonds. The molecule has 0 saturated carbocycles. The molecule has 0 aliphatic carbocycles. The lowest BCUT2D eigenvalue weighted by atomic mass is 9.99. The van der Waals surface area contributed by atoms with Gasteiger partial charge in [0.1, 0.15) is 5.82 Å². The van der Waals surface area contributed by atoms with Crippen LogP contribution in [-0.4, -0.2) is 40.1 Å². The highest BCUT2D eigenvalue weighted by Crippen LogP contribution is 2.21. The Morgan fingerprint density at radius 1 is 1.21 bits per heavy atom. The third kappa shape index (κ3) is 4.46. The topological polar surface area (TPSA) is 33.1 Å². The summed E-state index contributed by atoms with van der Waals surface area (Å²) < 4.78 is 2.25. The molecule has 130 valence electrons. The summed E-state index contributed by atoms with van der Waals surface area (Å²) in [7, 11) is 0. The van der Waals surface area contributed by atoms with Crippen molar-refractivity contribution in [3.8, 4) is 0 Å². The van der Waals surface area contributed by atoms with E-state index in [0.717, 1.165) is 18.8 Å². The van der Waals surface area contributed by atoms with Crippen molar-refractivity contribution in [2.45, 2.75) is 51.7 Å². The van der Waals surface area contributed by atoms with Gasteiger partial charge in [-0.3, -0.25) is 0 Å². The normalized spacial score (nSPS) is 17.9. The number of aromatic nitrogens is 2. The lowest BCUT2D eigenvalue weighted by molar-refractivity contribution is 0.196. The maximum atomic E-state index is 4.34. The molecule has 1 unspecified atom stereocenters. The number of nitrogens with zero attached hydrogens (tertiary/aromatic N) is 3. The van der Waals surface area contributed by atoms with Gasteiger partial charge in [0.05, 0.1) is 0 Å². The minimum absolute atomic E-state index is 0.408. The Morgan fingerprint density at radius 3 is 2.58 bits per heavy atom. The van der Waals surface area contributed by atoms with E-state index in [1.54, 1.807) is 0 Å². The molecule has 0 spiro atoms. The van der Waals surface area contributed by atoms with Crippen LogP contribution in [0, 0.1) is 6.92 Å². The SMILES string of the molecule is CCN1CCC(NC(CCn2ccnc2C)c2ccccc2)CC1. The Bertz CT molecular complexity index is 599. The average Bonchev–Trinajstić information content (AvgIpc) is 3.05. The molecular weight excluding hydrogens is 296 g/mol. The second-order valence-electron chi connectivity index (χ2n) is 6.79. The van der Waals surface area contributed by atoms with E-state index in [2.05, 4.69) is 70.1 Å². The van der Waals surface area contributed by atoms with Gasteiger partial charge >= 0.3 is 0 Å². The average molecular weight is 326 g/mol. The largest absolute Gasteiger partial charge is 0.335 e. The zero-order chi connectivity index (χ0) is 16.8. The molecule has 2 heterocycles.